The highest BCUT2D eigenvalue weighted by Crippen LogP contribution is 2.17. The van der Waals surface area contributed by atoms with Gasteiger partial charge in [-0.2, -0.15) is 0 Å². The molecule has 2 heterocycles. The number of rotatable bonds is 9. The number of hydrogen-bond acceptors (Lipinski definition) is 4. The van der Waals surface area contributed by atoms with Crippen molar-refractivity contribution in [1.82, 2.24) is 10.3 Å². The van der Waals surface area contributed by atoms with Crippen molar-refractivity contribution in [2.45, 2.75) is 32.9 Å². The topological polar surface area (TPSA) is 34.1 Å². The Morgan fingerprint density at radius 3 is 2.90 bits per heavy atom. The molecule has 0 atom stereocenters. The molecule has 0 saturated heterocycles. The first-order valence-corrected chi connectivity index (χ1v) is 7.96. The standard InChI is InChI=1S/C16H22N2OS/c1-2-9-17-12-15-6-7-16(20-15)13-19-11-8-14-5-3-4-10-18-14/h3-7,10,17H,2,8-9,11-13H2,1H3. The third kappa shape index (κ3) is 5.41. The van der Waals surface area contributed by atoms with Gasteiger partial charge < -0.3 is 10.1 Å². The van der Waals surface area contributed by atoms with E-state index in [1.165, 1.54) is 16.2 Å². The van der Waals surface area contributed by atoms with Gasteiger partial charge in [-0.1, -0.05) is 13.0 Å². The average Bonchev–Trinajstić information content (AvgIpc) is 2.93. The summed E-state index contributed by atoms with van der Waals surface area (Å²) in [6, 6.07) is 10.3. The van der Waals surface area contributed by atoms with Crippen molar-refractivity contribution in [3.8, 4) is 0 Å². The lowest BCUT2D eigenvalue weighted by Crippen LogP contribution is -2.12. The summed E-state index contributed by atoms with van der Waals surface area (Å²) in [6.45, 7) is 5.64. The smallest absolute Gasteiger partial charge is 0.0809 e. The quantitative estimate of drug-likeness (QED) is 0.719. The summed E-state index contributed by atoms with van der Waals surface area (Å²) in [5, 5.41) is 3.41. The van der Waals surface area contributed by atoms with Gasteiger partial charge in [-0.3, -0.25) is 4.98 Å². The van der Waals surface area contributed by atoms with Crippen molar-refractivity contribution in [2.24, 2.45) is 0 Å². The molecule has 0 unspecified atom stereocenters. The number of ether oxygens (including phenoxy) is 1. The third-order valence-electron chi connectivity index (χ3n) is 2.92. The Morgan fingerprint density at radius 1 is 1.20 bits per heavy atom. The normalized spacial score (nSPS) is 10.8. The number of nitrogens with zero attached hydrogens (tertiary/aromatic N) is 1. The number of hydrogen-bond donors (Lipinski definition) is 1. The molecule has 2 aromatic rings. The summed E-state index contributed by atoms with van der Waals surface area (Å²) in [5.74, 6) is 0. The van der Waals surface area contributed by atoms with E-state index < -0.39 is 0 Å². The Hall–Kier alpha value is -1.23. The van der Waals surface area contributed by atoms with E-state index in [0.29, 0.717) is 6.61 Å². The van der Waals surface area contributed by atoms with E-state index in [2.05, 4.69) is 29.4 Å². The van der Waals surface area contributed by atoms with Gasteiger partial charge in [0.1, 0.15) is 0 Å². The van der Waals surface area contributed by atoms with Crippen LogP contribution in [0.3, 0.4) is 0 Å². The Labute approximate surface area is 125 Å². The summed E-state index contributed by atoms with van der Waals surface area (Å²) in [4.78, 5) is 6.95. The van der Waals surface area contributed by atoms with Gasteiger partial charge in [0, 0.05) is 34.6 Å². The van der Waals surface area contributed by atoms with Crippen LogP contribution in [-0.4, -0.2) is 18.1 Å². The maximum atomic E-state index is 5.71. The molecular formula is C16H22N2OS. The largest absolute Gasteiger partial charge is 0.376 e. The molecule has 0 radical (unpaired) electrons. The minimum absolute atomic E-state index is 0.700. The van der Waals surface area contributed by atoms with E-state index in [4.69, 9.17) is 4.74 Å². The molecule has 0 aromatic carbocycles. The van der Waals surface area contributed by atoms with Crippen LogP contribution in [0.25, 0.3) is 0 Å². The molecule has 108 valence electrons. The van der Waals surface area contributed by atoms with Crippen LogP contribution < -0.4 is 5.32 Å². The number of pyridine rings is 1. The van der Waals surface area contributed by atoms with Gasteiger partial charge in [0.05, 0.1) is 13.2 Å². The first-order chi connectivity index (χ1) is 9.88. The summed E-state index contributed by atoms with van der Waals surface area (Å²) >= 11 is 1.83. The molecule has 0 fully saturated rings. The number of thiophene rings is 1. The van der Waals surface area contributed by atoms with Crippen LogP contribution in [0.15, 0.2) is 36.5 Å². The van der Waals surface area contributed by atoms with Crippen molar-refractivity contribution >= 4 is 11.3 Å². The molecule has 0 bridgehead atoms. The van der Waals surface area contributed by atoms with Crippen molar-refractivity contribution in [3.05, 3.63) is 52.0 Å². The van der Waals surface area contributed by atoms with Crippen LogP contribution in [0.5, 0.6) is 0 Å². The highest BCUT2D eigenvalue weighted by atomic mass is 32.1. The molecule has 3 nitrogen and oxygen atoms in total. The SMILES string of the molecule is CCCNCc1ccc(COCCc2ccccn2)s1. The fourth-order valence-corrected chi connectivity index (χ4v) is 2.80. The summed E-state index contributed by atoms with van der Waals surface area (Å²) in [7, 11) is 0. The van der Waals surface area contributed by atoms with Crippen molar-refractivity contribution < 1.29 is 4.74 Å². The van der Waals surface area contributed by atoms with Crippen LogP contribution in [0.1, 0.15) is 28.8 Å². The molecular weight excluding hydrogens is 268 g/mol. The van der Waals surface area contributed by atoms with E-state index >= 15 is 0 Å². The monoisotopic (exact) mass is 290 g/mol. The molecule has 2 rings (SSSR count). The zero-order valence-corrected chi connectivity index (χ0v) is 12.8. The Kier molecular flexibility index (Phi) is 6.71. The average molecular weight is 290 g/mol. The van der Waals surface area contributed by atoms with Crippen LogP contribution in [0.4, 0.5) is 0 Å². The summed E-state index contributed by atoms with van der Waals surface area (Å²) in [6.07, 6.45) is 3.87. The minimum Gasteiger partial charge on any atom is -0.376 e. The molecule has 0 aliphatic heterocycles. The van der Waals surface area contributed by atoms with Gasteiger partial charge in [-0.25, -0.2) is 0 Å². The predicted molar refractivity (Wildman–Crippen MR) is 83.9 cm³/mol. The fourth-order valence-electron chi connectivity index (χ4n) is 1.88. The fraction of sp³-hybridized carbons (Fsp3) is 0.438. The van der Waals surface area contributed by atoms with Gasteiger partial charge in [-0.15, -0.1) is 11.3 Å². The van der Waals surface area contributed by atoms with Crippen molar-refractivity contribution in [1.29, 1.82) is 0 Å². The predicted octanol–water partition coefficient (Wildman–Crippen LogP) is 3.40. The Balaban J connectivity index is 1.64. The molecule has 0 amide bonds. The van der Waals surface area contributed by atoms with E-state index in [1.807, 2.05) is 35.7 Å². The molecule has 0 spiro atoms. The Morgan fingerprint density at radius 2 is 2.10 bits per heavy atom. The third-order valence-corrected chi connectivity index (χ3v) is 3.98. The van der Waals surface area contributed by atoms with Crippen LogP contribution in [0, 0.1) is 0 Å². The molecule has 4 heteroatoms. The zero-order valence-electron chi connectivity index (χ0n) is 12.0. The molecule has 0 saturated carbocycles. The van der Waals surface area contributed by atoms with Gasteiger partial charge in [0.15, 0.2) is 0 Å². The van der Waals surface area contributed by atoms with Gasteiger partial charge in [0.2, 0.25) is 0 Å². The molecule has 2 aromatic heterocycles. The highest BCUT2D eigenvalue weighted by molar-refractivity contribution is 7.11. The molecule has 0 aliphatic rings. The second-order valence-corrected chi connectivity index (χ2v) is 5.92. The molecule has 0 aliphatic carbocycles. The van der Waals surface area contributed by atoms with Crippen LogP contribution in [0.2, 0.25) is 0 Å². The van der Waals surface area contributed by atoms with E-state index in [1.54, 1.807) is 0 Å². The van der Waals surface area contributed by atoms with E-state index in [-0.39, 0.29) is 0 Å². The Bertz CT molecular complexity index is 484. The maximum absolute atomic E-state index is 5.71. The van der Waals surface area contributed by atoms with Crippen LogP contribution >= 0.6 is 11.3 Å². The molecule has 20 heavy (non-hydrogen) atoms. The lowest BCUT2D eigenvalue weighted by atomic mass is 10.3. The number of nitrogens with one attached hydrogen (secondary N) is 1. The van der Waals surface area contributed by atoms with Crippen molar-refractivity contribution in [3.63, 3.8) is 0 Å². The van der Waals surface area contributed by atoms with E-state index in [9.17, 15) is 0 Å². The second-order valence-electron chi connectivity index (χ2n) is 4.67. The van der Waals surface area contributed by atoms with Gasteiger partial charge >= 0.3 is 0 Å². The summed E-state index contributed by atoms with van der Waals surface area (Å²) in [5.41, 5.74) is 1.09. The zero-order chi connectivity index (χ0) is 14.0. The molecule has 1 N–H and O–H groups in total. The minimum atomic E-state index is 0.700. The first-order valence-electron chi connectivity index (χ1n) is 7.14. The van der Waals surface area contributed by atoms with Crippen molar-refractivity contribution in [2.75, 3.05) is 13.2 Å². The second kappa shape index (κ2) is 8.84. The van der Waals surface area contributed by atoms with Gasteiger partial charge in [-0.05, 0) is 37.2 Å². The van der Waals surface area contributed by atoms with Crippen LogP contribution in [-0.2, 0) is 24.3 Å². The first kappa shape index (κ1) is 15.2. The van der Waals surface area contributed by atoms with Gasteiger partial charge in [0.25, 0.3) is 0 Å². The number of aromatic nitrogens is 1. The highest BCUT2D eigenvalue weighted by Gasteiger charge is 2.00. The maximum Gasteiger partial charge on any atom is 0.0809 e. The lowest BCUT2D eigenvalue weighted by molar-refractivity contribution is 0.125. The summed E-state index contributed by atoms with van der Waals surface area (Å²) < 4.78 is 5.71. The lowest BCUT2D eigenvalue weighted by Gasteiger charge is -2.02. The van der Waals surface area contributed by atoms with E-state index in [0.717, 1.165) is 31.8 Å².